The van der Waals surface area contributed by atoms with Crippen LogP contribution in [0.2, 0.25) is 5.02 Å². The van der Waals surface area contributed by atoms with Gasteiger partial charge in [-0.3, -0.25) is 0 Å². The lowest BCUT2D eigenvalue weighted by atomic mass is 10.1. The van der Waals surface area contributed by atoms with Crippen molar-refractivity contribution in [2.75, 3.05) is 0 Å². The molecule has 0 fully saturated rings. The van der Waals surface area contributed by atoms with Gasteiger partial charge in [-0.15, -0.1) is 0 Å². The fourth-order valence-electron chi connectivity index (χ4n) is 2.11. The minimum atomic E-state index is 0.569. The zero-order chi connectivity index (χ0) is 13.4. The Hall–Kier alpha value is -2.31. The number of H-pyrrole nitrogens is 1. The van der Waals surface area contributed by atoms with Crippen molar-refractivity contribution in [1.29, 1.82) is 5.26 Å². The van der Waals surface area contributed by atoms with Crippen molar-refractivity contribution < 1.29 is 0 Å². The molecule has 0 saturated heterocycles. The van der Waals surface area contributed by atoms with Gasteiger partial charge in [-0.05, 0) is 30.7 Å². The minimum absolute atomic E-state index is 0.569. The first kappa shape index (κ1) is 11.8. The second-order valence-corrected chi connectivity index (χ2v) is 4.72. The molecule has 0 atom stereocenters. The second kappa shape index (κ2) is 4.42. The van der Waals surface area contributed by atoms with Gasteiger partial charge in [-0.25, -0.2) is 4.98 Å². The summed E-state index contributed by atoms with van der Waals surface area (Å²) in [6, 6.07) is 13.4. The van der Waals surface area contributed by atoms with E-state index in [-0.39, 0.29) is 0 Å². The first-order valence-electron chi connectivity index (χ1n) is 5.85. The molecule has 19 heavy (non-hydrogen) atoms. The van der Waals surface area contributed by atoms with Gasteiger partial charge in [0.1, 0.15) is 17.4 Å². The van der Waals surface area contributed by atoms with Gasteiger partial charge in [0.2, 0.25) is 0 Å². The van der Waals surface area contributed by atoms with Crippen LogP contribution in [0.5, 0.6) is 0 Å². The molecule has 0 saturated carbocycles. The molecular formula is C15H10ClN3. The minimum Gasteiger partial charge on any atom is -0.338 e. The number of nitrogens with one attached hydrogen (secondary N) is 1. The predicted molar refractivity (Wildman–Crippen MR) is 76.0 cm³/mol. The molecule has 0 aliphatic heterocycles. The van der Waals surface area contributed by atoms with Crippen molar-refractivity contribution in [1.82, 2.24) is 9.97 Å². The number of aromatic nitrogens is 2. The Kier molecular flexibility index (Phi) is 2.73. The van der Waals surface area contributed by atoms with Crippen LogP contribution >= 0.6 is 11.6 Å². The largest absolute Gasteiger partial charge is 0.338 e. The number of hydrogen-bond donors (Lipinski definition) is 1. The Bertz CT molecular complexity index is 812. The molecule has 3 rings (SSSR count). The number of halogens is 1. The van der Waals surface area contributed by atoms with Crippen LogP contribution in [-0.2, 0) is 0 Å². The molecule has 1 aromatic heterocycles. The van der Waals surface area contributed by atoms with Gasteiger partial charge in [-0.1, -0.05) is 29.8 Å². The molecule has 0 radical (unpaired) electrons. The van der Waals surface area contributed by atoms with Crippen LogP contribution < -0.4 is 0 Å². The van der Waals surface area contributed by atoms with Gasteiger partial charge in [0.15, 0.2) is 0 Å². The molecule has 0 aliphatic carbocycles. The number of rotatable bonds is 1. The molecule has 92 valence electrons. The summed E-state index contributed by atoms with van der Waals surface area (Å²) in [5, 5.41) is 9.80. The van der Waals surface area contributed by atoms with Gasteiger partial charge < -0.3 is 4.98 Å². The van der Waals surface area contributed by atoms with Crippen LogP contribution in [0, 0.1) is 18.3 Å². The van der Waals surface area contributed by atoms with Crippen molar-refractivity contribution in [2.24, 2.45) is 0 Å². The summed E-state index contributed by atoms with van der Waals surface area (Å²) in [5.41, 5.74) is 4.04. The molecule has 2 aromatic carbocycles. The Morgan fingerprint density at radius 1 is 1.21 bits per heavy atom. The van der Waals surface area contributed by atoms with Crippen LogP contribution in [0.4, 0.5) is 0 Å². The van der Waals surface area contributed by atoms with Gasteiger partial charge in [0, 0.05) is 10.6 Å². The summed E-state index contributed by atoms with van der Waals surface area (Å²) in [6.07, 6.45) is 0. The lowest BCUT2D eigenvalue weighted by molar-refractivity contribution is 1.31. The van der Waals surface area contributed by atoms with Crippen LogP contribution in [0.3, 0.4) is 0 Å². The maximum atomic E-state index is 9.09. The lowest BCUT2D eigenvalue weighted by Gasteiger charge is -2.03. The van der Waals surface area contributed by atoms with Gasteiger partial charge in [-0.2, -0.15) is 5.26 Å². The van der Waals surface area contributed by atoms with E-state index in [0.29, 0.717) is 16.1 Å². The Morgan fingerprint density at radius 3 is 2.79 bits per heavy atom. The molecule has 1 heterocycles. The number of nitriles is 1. The maximum absolute atomic E-state index is 9.09. The molecule has 0 aliphatic rings. The fraction of sp³-hybridized carbons (Fsp3) is 0.0667. The summed E-state index contributed by atoms with van der Waals surface area (Å²) >= 11 is 6.13. The molecule has 3 aromatic rings. The van der Waals surface area contributed by atoms with Gasteiger partial charge in [0.25, 0.3) is 0 Å². The topological polar surface area (TPSA) is 52.5 Å². The fourth-order valence-corrected chi connectivity index (χ4v) is 2.29. The number of fused-ring (bicyclic) bond motifs is 1. The van der Waals surface area contributed by atoms with E-state index in [1.807, 2.05) is 37.3 Å². The third kappa shape index (κ3) is 1.87. The summed E-state index contributed by atoms with van der Waals surface area (Å²) in [7, 11) is 0. The molecule has 0 amide bonds. The number of nitrogens with zero attached hydrogens (tertiary/aromatic N) is 2. The van der Waals surface area contributed by atoms with E-state index < -0.39 is 0 Å². The van der Waals surface area contributed by atoms with E-state index in [1.54, 1.807) is 6.07 Å². The number of imidazole rings is 1. The summed E-state index contributed by atoms with van der Waals surface area (Å²) in [6.45, 7) is 1.95. The zero-order valence-electron chi connectivity index (χ0n) is 10.2. The zero-order valence-corrected chi connectivity index (χ0v) is 11.0. The first-order chi connectivity index (χ1) is 9.20. The standard InChI is InChI=1S/C15H10ClN3/c1-9-11(5-3-6-12(9)16)15-18-13-7-2-4-10(8-17)14(13)19-15/h2-7H,1H3,(H,18,19). The average molecular weight is 268 g/mol. The predicted octanol–water partition coefficient (Wildman–Crippen LogP) is 4.06. The SMILES string of the molecule is Cc1c(Cl)cccc1-c1nc2c(C#N)cccc2[nH]1. The summed E-state index contributed by atoms with van der Waals surface area (Å²) in [4.78, 5) is 7.75. The molecule has 1 N–H and O–H groups in total. The average Bonchev–Trinajstić information content (AvgIpc) is 2.85. The van der Waals surface area contributed by atoms with Gasteiger partial charge >= 0.3 is 0 Å². The van der Waals surface area contributed by atoms with Gasteiger partial charge in [0.05, 0.1) is 11.1 Å². The van der Waals surface area contributed by atoms with Crippen molar-refractivity contribution in [3.63, 3.8) is 0 Å². The number of benzene rings is 2. The molecule has 0 bridgehead atoms. The molecular weight excluding hydrogens is 258 g/mol. The smallest absolute Gasteiger partial charge is 0.138 e. The van der Waals surface area contributed by atoms with Crippen molar-refractivity contribution >= 4 is 22.6 Å². The van der Waals surface area contributed by atoms with E-state index in [1.165, 1.54) is 0 Å². The Balaban J connectivity index is 2.27. The first-order valence-corrected chi connectivity index (χ1v) is 6.23. The van der Waals surface area contributed by atoms with Crippen molar-refractivity contribution in [2.45, 2.75) is 6.92 Å². The normalized spacial score (nSPS) is 10.6. The number of aromatic amines is 1. The number of para-hydroxylation sites is 1. The van der Waals surface area contributed by atoms with E-state index in [4.69, 9.17) is 16.9 Å². The highest BCUT2D eigenvalue weighted by molar-refractivity contribution is 6.31. The lowest BCUT2D eigenvalue weighted by Crippen LogP contribution is -1.86. The molecule has 0 spiro atoms. The molecule has 3 nitrogen and oxygen atoms in total. The molecule has 4 heteroatoms. The van der Waals surface area contributed by atoms with E-state index >= 15 is 0 Å². The highest BCUT2D eigenvalue weighted by Gasteiger charge is 2.11. The second-order valence-electron chi connectivity index (χ2n) is 4.31. The van der Waals surface area contributed by atoms with Crippen molar-refractivity contribution in [3.05, 3.63) is 52.5 Å². The van der Waals surface area contributed by atoms with Crippen molar-refractivity contribution in [3.8, 4) is 17.5 Å². The van der Waals surface area contributed by atoms with E-state index in [2.05, 4.69) is 16.0 Å². The van der Waals surface area contributed by atoms with Crippen LogP contribution in [0.1, 0.15) is 11.1 Å². The maximum Gasteiger partial charge on any atom is 0.138 e. The summed E-state index contributed by atoms with van der Waals surface area (Å²) in [5.74, 6) is 0.734. The molecule has 0 unspecified atom stereocenters. The highest BCUT2D eigenvalue weighted by atomic mass is 35.5. The highest BCUT2D eigenvalue weighted by Crippen LogP contribution is 2.28. The Morgan fingerprint density at radius 2 is 2.00 bits per heavy atom. The van der Waals surface area contributed by atoms with Crippen LogP contribution in [0.25, 0.3) is 22.4 Å². The third-order valence-electron chi connectivity index (χ3n) is 3.16. The van der Waals surface area contributed by atoms with E-state index in [0.717, 1.165) is 22.5 Å². The summed E-state index contributed by atoms with van der Waals surface area (Å²) < 4.78 is 0. The quantitative estimate of drug-likeness (QED) is 0.723. The van der Waals surface area contributed by atoms with Crippen LogP contribution in [-0.4, -0.2) is 9.97 Å². The monoisotopic (exact) mass is 267 g/mol. The Labute approximate surface area is 115 Å². The van der Waals surface area contributed by atoms with E-state index in [9.17, 15) is 0 Å². The third-order valence-corrected chi connectivity index (χ3v) is 3.57. The number of hydrogen-bond acceptors (Lipinski definition) is 2. The van der Waals surface area contributed by atoms with Crippen LogP contribution in [0.15, 0.2) is 36.4 Å².